The Bertz CT molecular complexity index is 236. The molecule has 4 nitrogen and oxygen atoms in total. The summed E-state index contributed by atoms with van der Waals surface area (Å²) < 4.78 is 1.35. The largest absolute Gasteiger partial charge is 0.464 e. The van der Waals surface area contributed by atoms with E-state index in [1.807, 2.05) is 0 Å². The van der Waals surface area contributed by atoms with Gasteiger partial charge in [-0.05, 0) is 18.4 Å². The smallest absolute Gasteiger partial charge is 0.417 e. The molecule has 0 bridgehead atoms. The molecule has 2 heterocycles. The number of amides is 1. The van der Waals surface area contributed by atoms with E-state index in [9.17, 15) is 4.79 Å². The van der Waals surface area contributed by atoms with Crippen LogP contribution in [0.4, 0.5) is 4.79 Å². The van der Waals surface area contributed by atoms with Gasteiger partial charge < -0.3 is 5.11 Å². The van der Waals surface area contributed by atoms with Crippen LogP contribution in [0.5, 0.6) is 0 Å². The van der Waals surface area contributed by atoms with Crippen LogP contribution in [0.15, 0.2) is 12.2 Å². The molecule has 1 fully saturated rings. The van der Waals surface area contributed by atoms with E-state index in [0.29, 0.717) is 6.54 Å². The Morgan fingerprint density at radius 2 is 2.42 bits per heavy atom. The van der Waals surface area contributed by atoms with Crippen molar-refractivity contribution in [3.63, 3.8) is 0 Å². The number of nitrogens with one attached hydrogen (secondary N) is 1. The lowest BCUT2D eigenvalue weighted by atomic mass is 10.1. The Balaban J connectivity index is 1.93. The third-order valence-electron chi connectivity index (χ3n) is 2.05. The van der Waals surface area contributed by atoms with E-state index in [2.05, 4.69) is 17.5 Å². The molecule has 1 amide bonds. The zero-order valence-electron chi connectivity index (χ0n) is 6.49. The van der Waals surface area contributed by atoms with Gasteiger partial charge >= 0.3 is 6.09 Å². The van der Waals surface area contributed by atoms with E-state index < -0.39 is 6.09 Å². The standard InChI is InChI=1S/C7H10N2O2S/c10-6(11)9-5-7(12-9)3-1-2-4-8-7/h1-2,8H,3-5H2,(H,10,11). The predicted molar refractivity (Wildman–Crippen MR) is 46.8 cm³/mol. The van der Waals surface area contributed by atoms with Gasteiger partial charge in [-0.3, -0.25) is 5.32 Å². The van der Waals surface area contributed by atoms with E-state index in [-0.39, 0.29) is 4.87 Å². The third kappa shape index (κ3) is 1.19. The first-order chi connectivity index (χ1) is 5.72. The van der Waals surface area contributed by atoms with Crippen LogP contribution in [0.1, 0.15) is 6.42 Å². The van der Waals surface area contributed by atoms with Crippen LogP contribution in [0, 0.1) is 0 Å². The SMILES string of the molecule is O=C(O)N1CC2(CC=CCN2)S1. The number of hydrogen-bond donors (Lipinski definition) is 2. The number of carboxylic acid groups (broad SMARTS) is 1. The first kappa shape index (κ1) is 7.94. The van der Waals surface area contributed by atoms with Crippen LogP contribution in [0.2, 0.25) is 0 Å². The lowest BCUT2D eigenvalue weighted by Crippen LogP contribution is -2.61. The molecule has 1 spiro atoms. The van der Waals surface area contributed by atoms with Gasteiger partial charge in [0.05, 0.1) is 6.54 Å². The van der Waals surface area contributed by atoms with Gasteiger partial charge in [0.25, 0.3) is 0 Å². The van der Waals surface area contributed by atoms with Crippen molar-refractivity contribution >= 4 is 18.0 Å². The zero-order chi connectivity index (χ0) is 8.60. The molecule has 0 aromatic rings. The first-order valence-corrected chi connectivity index (χ1v) is 4.59. The molecule has 0 aromatic carbocycles. The lowest BCUT2D eigenvalue weighted by Gasteiger charge is -2.48. The molecular formula is C7H10N2O2S. The summed E-state index contributed by atoms with van der Waals surface area (Å²) in [5, 5.41) is 11.9. The molecule has 0 radical (unpaired) electrons. The van der Waals surface area contributed by atoms with Crippen LogP contribution in [-0.2, 0) is 0 Å². The van der Waals surface area contributed by atoms with Crippen molar-refractivity contribution in [2.75, 3.05) is 13.1 Å². The number of nitrogens with zero attached hydrogens (tertiary/aromatic N) is 1. The van der Waals surface area contributed by atoms with Crippen molar-refractivity contribution in [2.45, 2.75) is 11.3 Å². The highest BCUT2D eigenvalue weighted by Crippen LogP contribution is 2.42. The summed E-state index contributed by atoms with van der Waals surface area (Å²) in [6.45, 7) is 1.44. The third-order valence-corrected chi connectivity index (χ3v) is 3.35. The fourth-order valence-electron chi connectivity index (χ4n) is 1.41. The van der Waals surface area contributed by atoms with Crippen molar-refractivity contribution < 1.29 is 9.90 Å². The Hall–Kier alpha value is -0.680. The maximum absolute atomic E-state index is 10.5. The molecule has 1 unspecified atom stereocenters. The average Bonchev–Trinajstić information content (AvgIpc) is 2.01. The van der Waals surface area contributed by atoms with Gasteiger partial charge in [-0.2, -0.15) is 0 Å². The minimum Gasteiger partial charge on any atom is -0.464 e. The van der Waals surface area contributed by atoms with Crippen molar-refractivity contribution in [3.05, 3.63) is 12.2 Å². The van der Waals surface area contributed by atoms with Crippen LogP contribution in [-0.4, -0.2) is 33.5 Å². The van der Waals surface area contributed by atoms with Crippen molar-refractivity contribution in [3.8, 4) is 0 Å². The highest BCUT2D eigenvalue weighted by atomic mass is 32.2. The highest BCUT2D eigenvalue weighted by Gasteiger charge is 2.46. The fraction of sp³-hybridized carbons (Fsp3) is 0.571. The number of carbonyl (C=O) groups is 1. The van der Waals surface area contributed by atoms with Crippen LogP contribution in [0.3, 0.4) is 0 Å². The molecule has 2 aliphatic rings. The summed E-state index contributed by atoms with van der Waals surface area (Å²) in [7, 11) is 0. The Kier molecular flexibility index (Phi) is 1.77. The highest BCUT2D eigenvalue weighted by molar-refractivity contribution is 8.00. The summed E-state index contributed by atoms with van der Waals surface area (Å²) in [4.78, 5) is 10.4. The van der Waals surface area contributed by atoms with Crippen LogP contribution in [0.25, 0.3) is 0 Å². The summed E-state index contributed by atoms with van der Waals surface area (Å²) in [6, 6.07) is 0. The van der Waals surface area contributed by atoms with Gasteiger partial charge in [-0.25, -0.2) is 9.10 Å². The van der Waals surface area contributed by atoms with E-state index in [4.69, 9.17) is 5.11 Å². The van der Waals surface area contributed by atoms with Gasteiger partial charge in [0.1, 0.15) is 4.87 Å². The normalized spacial score (nSPS) is 33.5. The van der Waals surface area contributed by atoms with E-state index in [0.717, 1.165) is 13.0 Å². The van der Waals surface area contributed by atoms with Crippen LogP contribution >= 0.6 is 11.9 Å². The maximum Gasteiger partial charge on any atom is 0.417 e. The summed E-state index contributed by atoms with van der Waals surface area (Å²) in [5.41, 5.74) is 0. The Morgan fingerprint density at radius 3 is 2.92 bits per heavy atom. The fourth-order valence-corrected chi connectivity index (χ4v) is 2.48. The predicted octanol–water partition coefficient (Wildman–Crippen LogP) is 0.874. The van der Waals surface area contributed by atoms with Gasteiger partial charge in [0.2, 0.25) is 0 Å². The molecule has 5 heteroatoms. The first-order valence-electron chi connectivity index (χ1n) is 3.81. The second-order valence-electron chi connectivity index (χ2n) is 2.96. The molecular weight excluding hydrogens is 176 g/mol. The molecule has 66 valence electrons. The topological polar surface area (TPSA) is 52.6 Å². The summed E-state index contributed by atoms with van der Waals surface area (Å²) in [6.07, 6.45) is 4.24. The van der Waals surface area contributed by atoms with E-state index in [1.54, 1.807) is 0 Å². The molecule has 2 rings (SSSR count). The summed E-state index contributed by atoms with van der Waals surface area (Å²) in [5.74, 6) is 0. The molecule has 0 aromatic heterocycles. The maximum atomic E-state index is 10.5. The molecule has 2 N–H and O–H groups in total. The van der Waals surface area contributed by atoms with Crippen molar-refractivity contribution in [1.82, 2.24) is 9.62 Å². The van der Waals surface area contributed by atoms with Crippen molar-refractivity contribution in [2.24, 2.45) is 0 Å². The van der Waals surface area contributed by atoms with E-state index in [1.165, 1.54) is 16.3 Å². The Labute approximate surface area is 74.8 Å². The quantitative estimate of drug-likeness (QED) is 0.435. The van der Waals surface area contributed by atoms with Gasteiger partial charge in [0.15, 0.2) is 0 Å². The molecule has 0 aliphatic carbocycles. The van der Waals surface area contributed by atoms with E-state index >= 15 is 0 Å². The van der Waals surface area contributed by atoms with Gasteiger partial charge in [-0.1, -0.05) is 12.2 Å². The lowest BCUT2D eigenvalue weighted by molar-refractivity contribution is 0.161. The number of rotatable bonds is 0. The second-order valence-corrected chi connectivity index (χ2v) is 4.37. The van der Waals surface area contributed by atoms with Gasteiger partial charge in [0, 0.05) is 6.54 Å². The second kappa shape index (κ2) is 2.67. The minimum atomic E-state index is -0.845. The summed E-state index contributed by atoms with van der Waals surface area (Å²) >= 11 is 1.38. The zero-order valence-corrected chi connectivity index (χ0v) is 7.30. The molecule has 1 saturated heterocycles. The molecule has 0 saturated carbocycles. The van der Waals surface area contributed by atoms with Gasteiger partial charge in [-0.15, -0.1) is 0 Å². The Morgan fingerprint density at radius 1 is 1.67 bits per heavy atom. The molecule has 12 heavy (non-hydrogen) atoms. The van der Waals surface area contributed by atoms with Crippen molar-refractivity contribution in [1.29, 1.82) is 0 Å². The minimum absolute atomic E-state index is 0.0207. The monoisotopic (exact) mass is 186 g/mol. The number of hydrogen-bond acceptors (Lipinski definition) is 3. The average molecular weight is 186 g/mol. The molecule has 1 atom stereocenters. The van der Waals surface area contributed by atoms with Crippen LogP contribution < -0.4 is 5.32 Å². The molecule has 2 aliphatic heterocycles.